The van der Waals surface area contributed by atoms with E-state index < -0.39 is 12.1 Å². The van der Waals surface area contributed by atoms with Gasteiger partial charge in [-0.25, -0.2) is 4.79 Å². The van der Waals surface area contributed by atoms with Gasteiger partial charge < -0.3 is 18.8 Å². The lowest BCUT2D eigenvalue weighted by molar-refractivity contribution is -0.192. The van der Waals surface area contributed by atoms with Gasteiger partial charge in [0.25, 0.3) is 0 Å². The van der Waals surface area contributed by atoms with Gasteiger partial charge in [-0.2, -0.15) is 13.2 Å². The first kappa shape index (κ1) is 22.4. The molecule has 3 heterocycles. The van der Waals surface area contributed by atoms with Crippen molar-refractivity contribution in [3.8, 4) is 0 Å². The van der Waals surface area contributed by atoms with Gasteiger partial charge in [-0.05, 0) is 55.4 Å². The van der Waals surface area contributed by atoms with Gasteiger partial charge in [-0.15, -0.1) is 0 Å². The molecule has 2 aliphatic rings. The van der Waals surface area contributed by atoms with Gasteiger partial charge in [0.05, 0.1) is 12.8 Å². The second kappa shape index (κ2) is 10.2. The van der Waals surface area contributed by atoms with Gasteiger partial charge in [0.2, 0.25) is 0 Å². The number of hydrogen-bond acceptors (Lipinski definition) is 4. The Bertz CT molecular complexity index is 785. The Labute approximate surface area is 173 Å². The Morgan fingerprint density at radius 1 is 1.20 bits per heavy atom. The average Bonchev–Trinajstić information content (AvgIpc) is 3.23. The van der Waals surface area contributed by atoms with Crippen LogP contribution < -0.4 is 0 Å². The van der Waals surface area contributed by atoms with Gasteiger partial charge in [0.15, 0.2) is 0 Å². The normalized spacial score (nSPS) is 19.5. The zero-order chi connectivity index (χ0) is 21.6. The first-order valence-electron chi connectivity index (χ1n) is 10.1. The van der Waals surface area contributed by atoms with E-state index in [1.54, 1.807) is 6.26 Å². The fourth-order valence-electron chi connectivity index (χ4n) is 3.48. The highest BCUT2D eigenvalue weighted by molar-refractivity contribution is 5.73. The molecule has 2 aromatic heterocycles. The van der Waals surface area contributed by atoms with Crippen molar-refractivity contribution in [3.05, 3.63) is 48.2 Å². The summed E-state index contributed by atoms with van der Waals surface area (Å²) in [6, 6.07) is 8.43. The van der Waals surface area contributed by atoms with E-state index in [0.29, 0.717) is 5.92 Å². The van der Waals surface area contributed by atoms with Crippen LogP contribution >= 0.6 is 0 Å². The Morgan fingerprint density at radius 2 is 1.97 bits per heavy atom. The lowest BCUT2D eigenvalue weighted by Gasteiger charge is -2.23. The molecule has 0 spiro atoms. The minimum atomic E-state index is -5.08. The molecular formula is C21H27F3N2O4. The highest BCUT2D eigenvalue weighted by atomic mass is 19.4. The number of nitrogens with zero attached hydrogens (tertiary/aromatic N) is 2. The average molecular weight is 428 g/mol. The predicted octanol–water partition coefficient (Wildman–Crippen LogP) is 4.16. The van der Waals surface area contributed by atoms with E-state index in [9.17, 15) is 13.2 Å². The quantitative estimate of drug-likeness (QED) is 0.671. The van der Waals surface area contributed by atoms with E-state index in [1.165, 1.54) is 18.5 Å². The zero-order valence-corrected chi connectivity index (χ0v) is 16.7. The summed E-state index contributed by atoms with van der Waals surface area (Å²) in [6.45, 7) is 5.95. The van der Waals surface area contributed by atoms with Crippen LogP contribution in [0, 0.1) is 11.8 Å². The number of ether oxygens (including phenoxy) is 1. The van der Waals surface area contributed by atoms with E-state index in [-0.39, 0.29) is 0 Å². The molecule has 9 heteroatoms. The maximum atomic E-state index is 10.6. The summed E-state index contributed by atoms with van der Waals surface area (Å²) in [5.74, 6) is -0.213. The largest absolute Gasteiger partial charge is 0.490 e. The van der Waals surface area contributed by atoms with Crippen LogP contribution in [0.15, 0.2) is 41.1 Å². The first-order valence-corrected chi connectivity index (χ1v) is 10.1. The second-order valence-electron chi connectivity index (χ2n) is 7.88. The molecule has 0 saturated heterocycles. The van der Waals surface area contributed by atoms with Gasteiger partial charge in [0.1, 0.15) is 5.76 Å². The third-order valence-electron chi connectivity index (χ3n) is 5.20. The van der Waals surface area contributed by atoms with Gasteiger partial charge in [-0.1, -0.05) is 0 Å². The van der Waals surface area contributed by atoms with Crippen LogP contribution in [-0.2, 0) is 29.2 Å². The van der Waals surface area contributed by atoms with Crippen LogP contribution in [0.4, 0.5) is 13.2 Å². The van der Waals surface area contributed by atoms with E-state index in [1.807, 2.05) is 6.07 Å². The fourth-order valence-corrected chi connectivity index (χ4v) is 3.48. The molecular weight excluding hydrogens is 401 g/mol. The number of aromatic nitrogens is 1. The lowest BCUT2D eigenvalue weighted by Crippen LogP contribution is -2.28. The number of carbonyl (C=O) groups is 1. The molecule has 0 bridgehead atoms. The van der Waals surface area contributed by atoms with Crippen molar-refractivity contribution in [2.75, 3.05) is 19.8 Å². The maximum absolute atomic E-state index is 10.6. The number of carboxylic acids is 1. The molecule has 30 heavy (non-hydrogen) atoms. The van der Waals surface area contributed by atoms with Crippen LogP contribution in [0.2, 0.25) is 0 Å². The Balaban J connectivity index is 0.000000318. The number of aliphatic carboxylic acids is 1. The van der Waals surface area contributed by atoms with E-state index >= 15 is 0 Å². The van der Waals surface area contributed by atoms with Crippen molar-refractivity contribution >= 4 is 5.97 Å². The Morgan fingerprint density at radius 3 is 2.60 bits per heavy atom. The molecule has 1 N–H and O–H groups in total. The third-order valence-corrected chi connectivity index (χ3v) is 5.20. The van der Waals surface area contributed by atoms with E-state index in [2.05, 4.69) is 33.9 Å². The van der Waals surface area contributed by atoms with Crippen molar-refractivity contribution in [3.63, 3.8) is 0 Å². The van der Waals surface area contributed by atoms with Gasteiger partial charge >= 0.3 is 12.1 Å². The number of carboxylic acid groups (broad SMARTS) is 1. The Hall–Kier alpha value is -2.26. The second-order valence-corrected chi connectivity index (χ2v) is 7.88. The smallest absolute Gasteiger partial charge is 0.475 e. The monoisotopic (exact) mass is 428 g/mol. The summed E-state index contributed by atoms with van der Waals surface area (Å²) >= 11 is 0. The minimum absolute atomic E-state index is 0.637. The van der Waals surface area contributed by atoms with Crippen LogP contribution in [-0.4, -0.2) is 46.5 Å². The minimum Gasteiger partial charge on any atom is -0.475 e. The van der Waals surface area contributed by atoms with Crippen LogP contribution in [0.5, 0.6) is 0 Å². The molecule has 4 rings (SSSR count). The molecule has 1 fully saturated rings. The molecule has 1 saturated carbocycles. The van der Waals surface area contributed by atoms with Gasteiger partial charge in [0, 0.05) is 44.7 Å². The highest BCUT2D eigenvalue weighted by Gasteiger charge is 2.38. The summed E-state index contributed by atoms with van der Waals surface area (Å²) in [5.41, 5.74) is 1.40. The van der Waals surface area contributed by atoms with Crippen molar-refractivity contribution < 1.29 is 32.2 Å². The van der Waals surface area contributed by atoms with Crippen molar-refractivity contribution in [1.29, 1.82) is 0 Å². The molecule has 2 aromatic rings. The van der Waals surface area contributed by atoms with Crippen molar-refractivity contribution in [1.82, 2.24) is 9.47 Å². The molecule has 0 amide bonds. The molecule has 6 nitrogen and oxygen atoms in total. The van der Waals surface area contributed by atoms with Gasteiger partial charge in [-0.3, -0.25) is 4.90 Å². The molecule has 0 aromatic carbocycles. The fraction of sp³-hybridized carbons (Fsp3) is 0.571. The number of halogens is 3. The van der Waals surface area contributed by atoms with Crippen LogP contribution in [0.25, 0.3) is 0 Å². The van der Waals surface area contributed by atoms with Crippen molar-refractivity contribution in [2.24, 2.45) is 11.8 Å². The molecule has 1 unspecified atom stereocenters. The molecule has 1 aliphatic carbocycles. The zero-order valence-electron chi connectivity index (χ0n) is 16.7. The summed E-state index contributed by atoms with van der Waals surface area (Å²) in [4.78, 5) is 11.4. The molecule has 166 valence electrons. The molecule has 0 radical (unpaired) electrons. The predicted molar refractivity (Wildman–Crippen MR) is 103 cm³/mol. The van der Waals surface area contributed by atoms with E-state index in [4.69, 9.17) is 19.1 Å². The molecule has 1 aliphatic heterocycles. The Kier molecular flexibility index (Phi) is 7.60. The molecule has 1 atom stereocenters. The number of fused-ring (bicyclic) bond motifs is 1. The first-order chi connectivity index (χ1) is 14.3. The number of hydrogen-bond donors (Lipinski definition) is 1. The van der Waals surface area contributed by atoms with Crippen LogP contribution in [0.1, 0.15) is 30.7 Å². The topological polar surface area (TPSA) is 67.8 Å². The third kappa shape index (κ3) is 7.21. The standard InChI is InChI=1S/C19H26N2O2.C2HF3O2/c1-3-18-13-20(14-19-4-2-9-23-19)11-17(12-21(18)8-1)7-10-22-15-16-5-6-16;3-2(4,5)1(6)7/h1-4,8-9,16-17H,5-7,10-15H2;(H,6,7). The number of rotatable bonds is 7. The number of alkyl halides is 3. The van der Waals surface area contributed by atoms with E-state index in [0.717, 1.165) is 57.5 Å². The summed E-state index contributed by atoms with van der Waals surface area (Å²) in [5, 5.41) is 7.12. The summed E-state index contributed by atoms with van der Waals surface area (Å²) in [7, 11) is 0. The SMILES string of the molecule is O=C(O)C(F)(F)F.c1coc(CN2Cc3cccn3CC(CCOCC3CC3)C2)c1. The lowest BCUT2D eigenvalue weighted by atomic mass is 10.1. The highest BCUT2D eigenvalue weighted by Crippen LogP contribution is 2.29. The maximum Gasteiger partial charge on any atom is 0.490 e. The summed E-state index contributed by atoms with van der Waals surface area (Å²) < 4.78 is 45.6. The van der Waals surface area contributed by atoms with Crippen LogP contribution in [0.3, 0.4) is 0 Å². The summed E-state index contributed by atoms with van der Waals surface area (Å²) in [6.07, 6.45) is 2.77. The number of furan rings is 1. The van der Waals surface area contributed by atoms with Crippen molar-refractivity contribution in [2.45, 2.75) is 45.1 Å².